The lowest BCUT2D eigenvalue weighted by atomic mass is 10.0. The van der Waals surface area contributed by atoms with E-state index in [2.05, 4.69) is 0 Å². The van der Waals surface area contributed by atoms with Crippen LogP contribution in [0, 0.1) is 0 Å². The van der Waals surface area contributed by atoms with Crippen molar-refractivity contribution in [1.29, 1.82) is 0 Å². The Morgan fingerprint density at radius 1 is 1.40 bits per heavy atom. The molecule has 2 N–H and O–H groups in total. The van der Waals surface area contributed by atoms with Gasteiger partial charge in [0.15, 0.2) is 0 Å². The van der Waals surface area contributed by atoms with Crippen LogP contribution in [0.1, 0.15) is 20.8 Å². The van der Waals surface area contributed by atoms with Crippen molar-refractivity contribution in [2.24, 2.45) is 5.73 Å². The van der Waals surface area contributed by atoms with Gasteiger partial charge in [-0.1, -0.05) is 0 Å². The van der Waals surface area contributed by atoms with Gasteiger partial charge < -0.3 is 15.5 Å². The summed E-state index contributed by atoms with van der Waals surface area (Å²) in [6, 6.07) is 0.0533. The van der Waals surface area contributed by atoms with Gasteiger partial charge in [-0.3, -0.25) is 9.59 Å². The van der Waals surface area contributed by atoms with Crippen molar-refractivity contribution in [1.82, 2.24) is 9.80 Å². The molecular formula is C10H19N3O2. The molecule has 1 fully saturated rings. The van der Waals surface area contributed by atoms with Crippen molar-refractivity contribution >= 4 is 11.8 Å². The molecule has 1 heterocycles. The Bertz CT molecular complexity index is 283. The SMILES string of the molecule is CC1CN(CC(C)(C)N)C(=O)C(=O)N1C. The van der Waals surface area contributed by atoms with E-state index in [1.807, 2.05) is 20.8 Å². The maximum Gasteiger partial charge on any atom is 0.312 e. The summed E-state index contributed by atoms with van der Waals surface area (Å²) in [7, 11) is 1.65. The molecule has 5 heteroatoms. The molecule has 0 aliphatic carbocycles. The lowest BCUT2D eigenvalue weighted by Crippen LogP contribution is -2.60. The number of hydrogen-bond donors (Lipinski definition) is 1. The zero-order valence-corrected chi connectivity index (χ0v) is 9.78. The van der Waals surface area contributed by atoms with Crippen LogP contribution in [-0.4, -0.2) is 53.3 Å². The van der Waals surface area contributed by atoms with Crippen molar-refractivity contribution in [3.8, 4) is 0 Å². The van der Waals surface area contributed by atoms with Crippen molar-refractivity contribution in [2.45, 2.75) is 32.4 Å². The fourth-order valence-electron chi connectivity index (χ4n) is 1.64. The normalized spacial score (nSPS) is 23.7. The van der Waals surface area contributed by atoms with Crippen LogP contribution in [-0.2, 0) is 9.59 Å². The minimum absolute atomic E-state index is 0.0533. The molecule has 1 rings (SSSR count). The predicted octanol–water partition coefficient (Wildman–Crippen LogP) is -0.587. The number of amides is 2. The van der Waals surface area contributed by atoms with Crippen molar-refractivity contribution < 1.29 is 9.59 Å². The summed E-state index contributed by atoms with van der Waals surface area (Å²) in [6.45, 7) is 6.57. The quantitative estimate of drug-likeness (QED) is 0.624. The molecule has 1 atom stereocenters. The van der Waals surface area contributed by atoms with Gasteiger partial charge in [0.05, 0.1) is 0 Å². The number of carbonyl (C=O) groups excluding carboxylic acids is 2. The molecule has 15 heavy (non-hydrogen) atoms. The summed E-state index contributed by atoms with van der Waals surface area (Å²) < 4.78 is 0. The number of likely N-dealkylation sites (N-methyl/N-ethyl adjacent to an activating group) is 1. The number of rotatable bonds is 2. The van der Waals surface area contributed by atoms with Gasteiger partial charge >= 0.3 is 11.8 Å². The monoisotopic (exact) mass is 213 g/mol. The molecule has 5 nitrogen and oxygen atoms in total. The molecule has 1 aliphatic heterocycles. The minimum Gasteiger partial charge on any atom is -0.333 e. The predicted molar refractivity (Wildman–Crippen MR) is 57.1 cm³/mol. The lowest BCUT2D eigenvalue weighted by molar-refractivity contribution is -0.157. The third-order valence-corrected chi connectivity index (χ3v) is 2.53. The van der Waals surface area contributed by atoms with Crippen LogP contribution >= 0.6 is 0 Å². The van der Waals surface area contributed by atoms with Gasteiger partial charge in [0.2, 0.25) is 0 Å². The average molecular weight is 213 g/mol. The number of carbonyl (C=O) groups is 2. The molecule has 0 saturated carbocycles. The van der Waals surface area contributed by atoms with Crippen molar-refractivity contribution in [3.05, 3.63) is 0 Å². The van der Waals surface area contributed by atoms with Gasteiger partial charge in [-0.15, -0.1) is 0 Å². The fraction of sp³-hybridized carbons (Fsp3) is 0.800. The first kappa shape index (κ1) is 12.0. The molecular weight excluding hydrogens is 194 g/mol. The Hall–Kier alpha value is -1.10. The third kappa shape index (κ3) is 2.68. The minimum atomic E-state index is -0.467. The highest BCUT2D eigenvalue weighted by Gasteiger charge is 2.36. The molecule has 0 aromatic carbocycles. The van der Waals surface area contributed by atoms with E-state index in [4.69, 9.17) is 5.73 Å². The van der Waals surface area contributed by atoms with Crippen LogP contribution < -0.4 is 5.73 Å². The molecule has 0 radical (unpaired) electrons. The fourth-order valence-corrected chi connectivity index (χ4v) is 1.64. The molecule has 1 aliphatic rings. The van der Waals surface area contributed by atoms with E-state index in [1.165, 1.54) is 9.80 Å². The maximum atomic E-state index is 11.6. The summed E-state index contributed by atoms with van der Waals surface area (Å²) in [4.78, 5) is 26.2. The molecule has 0 bridgehead atoms. The second-order valence-electron chi connectivity index (χ2n) is 4.94. The van der Waals surface area contributed by atoms with Crippen molar-refractivity contribution in [3.63, 3.8) is 0 Å². The summed E-state index contributed by atoms with van der Waals surface area (Å²) in [5.41, 5.74) is 5.37. The highest BCUT2D eigenvalue weighted by Crippen LogP contribution is 2.12. The number of piperazine rings is 1. The molecule has 0 aromatic rings. The smallest absolute Gasteiger partial charge is 0.312 e. The first-order valence-electron chi connectivity index (χ1n) is 5.07. The third-order valence-electron chi connectivity index (χ3n) is 2.53. The van der Waals surface area contributed by atoms with E-state index in [1.54, 1.807) is 7.05 Å². The molecule has 86 valence electrons. The van der Waals surface area contributed by atoms with Gasteiger partial charge in [-0.2, -0.15) is 0 Å². The van der Waals surface area contributed by atoms with Gasteiger partial charge in [-0.05, 0) is 20.8 Å². The van der Waals surface area contributed by atoms with Crippen LogP contribution in [0.3, 0.4) is 0 Å². The number of nitrogens with zero attached hydrogens (tertiary/aromatic N) is 2. The molecule has 1 unspecified atom stereocenters. The number of nitrogens with two attached hydrogens (primary N) is 1. The van der Waals surface area contributed by atoms with Crippen molar-refractivity contribution in [2.75, 3.05) is 20.1 Å². The Balaban J connectivity index is 2.76. The van der Waals surface area contributed by atoms with Crippen LogP contribution in [0.15, 0.2) is 0 Å². The summed E-state index contributed by atoms with van der Waals surface area (Å²) in [6.07, 6.45) is 0. The average Bonchev–Trinajstić information content (AvgIpc) is 2.08. The number of hydrogen-bond acceptors (Lipinski definition) is 3. The van der Waals surface area contributed by atoms with E-state index in [0.717, 1.165) is 0 Å². The largest absolute Gasteiger partial charge is 0.333 e. The maximum absolute atomic E-state index is 11.6. The molecule has 0 aromatic heterocycles. The highest BCUT2D eigenvalue weighted by atomic mass is 16.2. The van der Waals surface area contributed by atoms with Crippen LogP contribution in [0.25, 0.3) is 0 Å². The summed E-state index contributed by atoms with van der Waals surface area (Å²) in [5, 5.41) is 0. The van der Waals surface area contributed by atoms with Crippen LogP contribution in [0.5, 0.6) is 0 Å². The molecule has 2 amide bonds. The topological polar surface area (TPSA) is 66.6 Å². The zero-order chi connectivity index (χ0) is 11.8. The van der Waals surface area contributed by atoms with Gasteiger partial charge in [-0.25, -0.2) is 0 Å². The lowest BCUT2D eigenvalue weighted by Gasteiger charge is -2.39. The molecule has 0 spiro atoms. The Morgan fingerprint density at radius 3 is 2.40 bits per heavy atom. The van der Waals surface area contributed by atoms with Gasteiger partial charge in [0, 0.05) is 31.7 Å². The summed E-state index contributed by atoms with van der Waals surface area (Å²) >= 11 is 0. The Labute approximate surface area is 90.2 Å². The van der Waals surface area contributed by atoms with Gasteiger partial charge in [0.25, 0.3) is 0 Å². The molecule has 1 saturated heterocycles. The van der Waals surface area contributed by atoms with E-state index >= 15 is 0 Å². The second-order valence-corrected chi connectivity index (χ2v) is 4.94. The van der Waals surface area contributed by atoms with Crippen LogP contribution in [0.2, 0.25) is 0 Å². The van der Waals surface area contributed by atoms with E-state index in [-0.39, 0.29) is 6.04 Å². The van der Waals surface area contributed by atoms with E-state index < -0.39 is 17.4 Å². The van der Waals surface area contributed by atoms with E-state index in [9.17, 15) is 9.59 Å². The highest BCUT2D eigenvalue weighted by molar-refractivity contribution is 6.35. The first-order valence-corrected chi connectivity index (χ1v) is 5.07. The Morgan fingerprint density at radius 2 is 1.93 bits per heavy atom. The van der Waals surface area contributed by atoms with Crippen LogP contribution in [0.4, 0.5) is 0 Å². The summed E-state index contributed by atoms with van der Waals surface area (Å²) in [5.74, 6) is -0.896. The van der Waals surface area contributed by atoms with E-state index in [0.29, 0.717) is 13.1 Å². The Kier molecular flexibility index (Phi) is 3.04. The van der Waals surface area contributed by atoms with Gasteiger partial charge in [0.1, 0.15) is 0 Å². The zero-order valence-electron chi connectivity index (χ0n) is 9.78. The first-order chi connectivity index (χ1) is 6.72. The second kappa shape index (κ2) is 3.81. The standard InChI is InChI=1S/C10H19N3O2/c1-7-5-13(6-10(2,3)11)9(15)8(14)12(7)4/h7H,5-6,11H2,1-4H3.